The Hall–Kier alpha value is -1.88. The van der Waals surface area contributed by atoms with Crippen molar-refractivity contribution in [3.8, 4) is 5.75 Å². The summed E-state index contributed by atoms with van der Waals surface area (Å²) >= 11 is 3.15. The van der Waals surface area contributed by atoms with E-state index in [2.05, 4.69) is 21.2 Å². The topological polar surface area (TPSA) is 38.3 Å². The molecule has 0 saturated carbocycles. The fraction of sp³-hybridized carbons (Fsp3) is 0.188. The van der Waals surface area contributed by atoms with Crippen molar-refractivity contribution in [2.45, 2.75) is 6.42 Å². The predicted molar refractivity (Wildman–Crippen MR) is 83.0 cm³/mol. The number of ether oxygens (including phenoxy) is 1. The summed E-state index contributed by atoms with van der Waals surface area (Å²) in [7, 11) is 0. The highest BCUT2D eigenvalue weighted by Gasteiger charge is 2.10. The maximum atomic E-state index is 13.6. The van der Waals surface area contributed by atoms with Gasteiger partial charge in [-0.2, -0.15) is 0 Å². The molecule has 1 amide bonds. The van der Waals surface area contributed by atoms with E-state index in [4.69, 9.17) is 4.74 Å². The molecule has 0 aromatic heterocycles. The zero-order valence-electron chi connectivity index (χ0n) is 11.3. The number of hydrogen-bond donors (Lipinski definition) is 1. The molecule has 21 heavy (non-hydrogen) atoms. The second-order valence-corrected chi connectivity index (χ2v) is 5.31. The Morgan fingerprint density at radius 3 is 2.67 bits per heavy atom. The van der Waals surface area contributed by atoms with Gasteiger partial charge in [-0.1, -0.05) is 34.1 Å². The quantitative estimate of drug-likeness (QED) is 0.804. The first kappa shape index (κ1) is 15.5. The Bertz CT molecular complexity index is 604. The molecule has 110 valence electrons. The highest BCUT2D eigenvalue weighted by Crippen LogP contribution is 2.15. The molecular formula is C16H15BrFNO2. The van der Waals surface area contributed by atoms with E-state index >= 15 is 0 Å². The average Bonchev–Trinajstić information content (AvgIpc) is 2.47. The van der Waals surface area contributed by atoms with Crippen LogP contribution in [0.5, 0.6) is 5.75 Å². The first-order valence-electron chi connectivity index (χ1n) is 6.58. The van der Waals surface area contributed by atoms with Crippen LogP contribution in [0.15, 0.2) is 53.0 Å². The molecule has 2 aromatic rings. The van der Waals surface area contributed by atoms with E-state index in [1.807, 2.05) is 30.3 Å². The van der Waals surface area contributed by atoms with Crippen LogP contribution in [0.2, 0.25) is 0 Å². The maximum Gasteiger partial charge on any atom is 0.254 e. The Morgan fingerprint density at radius 1 is 1.19 bits per heavy atom. The maximum absolute atomic E-state index is 13.6. The Labute approximate surface area is 131 Å². The number of halogens is 2. The molecule has 0 aliphatic carbocycles. The van der Waals surface area contributed by atoms with Crippen LogP contribution in [0.25, 0.3) is 0 Å². The van der Waals surface area contributed by atoms with Gasteiger partial charge in [0.25, 0.3) is 5.91 Å². The van der Waals surface area contributed by atoms with E-state index in [0.29, 0.717) is 24.0 Å². The summed E-state index contributed by atoms with van der Waals surface area (Å²) in [6.45, 7) is 0.925. The summed E-state index contributed by atoms with van der Waals surface area (Å²) in [5, 5.41) is 2.67. The molecule has 0 fully saturated rings. The van der Waals surface area contributed by atoms with Gasteiger partial charge in [0.15, 0.2) is 0 Å². The van der Waals surface area contributed by atoms with E-state index in [1.165, 1.54) is 12.1 Å². The lowest BCUT2D eigenvalue weighted by atomic mass is 10.2. The molecule has 3 nitrogen and oxygen atoms in total. The van der Waals surface area contributed by atoms with Gasteiger partial charge in [-0.25, -0.2) is 4.39 Å². The Kier molecular flexibility index (Phi) is 5.75. The second-order valence-electron chi connectivity index (χ2n) is 4.40. The standard InChI is InChI=1S/C16H15BrFNO2/c17-12-7-8-14(15(18)11-12)16(20)19-9-4-10-21-13-5-2-1-3-6-13/h1-3,5-8,11H,4,9-10H2,(H,19,20). The van der Waals surface area contributed by atoms with Crippen LogP contribution in [0.4, 0.5) is 4.39 Å². The Balaban J connectivity index is 1.72. The number of benzene rings is 2. The summed E-state index contributed by atoms with van der Waals surface area (Å²) in [5.41, 5.74) is 0.0437. The number of carbonyl (C=O) groups is 1. The number of amides is 1. The van der Waals surface area contributed by atoms with Crippen molar-refractivity contribution in [1.29, 1.82) is 0 Å². The average molecular weight is 352 g/mol. The van der Waals surface area contributed by atoms with Crippen LogP contribution in [0.3, 0.4) is 0 Å². The second kappa shape index (κ2) is 7.78. The van der Waals surface area contributed by atoms with Gasteiger partial charge in [0.1, 0.15) is 11.6 Å². The number of para-hydroxylation sites is 1. The third-order valence-corrected chi connectivity index (χ3v) is 3.29. The van der Waals surface area contributed by atoms with Gasteiger partial charge in [0.05, 0.1) is 12.2 Å². The number of nitrogens with one attached hydrogen (secondary N) is 1. The zero-order valence-corrected chi connectivity index (χ0v) is 12.9. The molecule has 0 spiro atoms. The molecule has 5 heteroatoms. The van der Waals surface area contributed by atoms with E-state index in [0.717, 1.165) is 5.75 Å². The van der Waals surface area contributed by atoms with E-state index < -0.39 is 11.7 Å². The van der Waals surface area contributed by atoms with Gasteiger partial charge < -0.3 is 10.1 Å². The summed E-state index contributed by atoms with van der Waals surface area (Å²) in [6, 6.07) is 13.8. The molecule has 0 aliphatic heterocycles. The summed E-state index contributed by atoms with van der Waals surface area (Å²) in [4.78, 5) is 11.8. The smallest absolute Gasteiger partial charge is 0.254 e. The van der Waals surface area contributed by atoms with E-state index in [-0.39, 0.29) is 5.56 Å². The predicted octanol–water partition coefficient (Wildman–Crippen LogP) is 3.79. The molecule has 0 unspecified atom stereocenters. The molecule has 0 aliphatic rings. The normalized spacial score (nSPS) is 10.2. The highest BCUT2D eigenvalue weighted by atomic mass is 79.9. The van der Waals surface area contributed by atoms with Crippen LogP contribution in [0.1, 0.15) is 16.8 Å². The van der Waals surface area contributed by atoms with Gasteiger partial charge in [-0.3, -0.25) is 4.79 Å². The molecule has 1 N–H and O–H groups in total. The van der Waals surface area contributed by atoms with Crippen molar-refractivity contribution >= 4 is 21.8 Å². The minimum atomic E-state index is -0.539. The third kappa shape index (κ3) is 4.86. The molecule has 0 heterocycles. The van der Waals surface area contributed by atoms with Gasteiger partial charge in [0, 0.05) is 11.0 Å². The molecule has 0 radical (unpaired) electrons. The molecule has 2 rings (SSSR count). The molecule has 0 atom stereocenters. The lowest BCUT2D eigenvalue weighted by molar-refractivity contribution is 0.0947. The minimum absolute atomic E-state index is 0.0437. The molecule has 2 aromatic carbocycles. The van der Waals surface area contributed by atoms with Gasteiger partial charge in [-0.15, -0.1) is 0 Å². The highest BCUT2D eigenvalue weighted by molar-refractivity contribution is 9.10. The Morgan fingerprint density at radius 2 is 1.95 bits per heavy atom. The zero-order chi connectivity index (χ0) is 15.1. The fourth-order valence-corrected chi connectivity index (χ4v) is 2.08. The SMILES string of the molecule is O=C(NCCCOc1ccccc1)c1ccc(Br)cc1F. The lowest BCUT2D eigenvalue weighted by Crippen LogP contribution is -2.26. The first-order valence-corrected chi connectivity index (χ1v) is 7.37. The van der Waals surface area contributed by atoms with Crippen molar-refractivity contribution in [3.63, 3.8) is 0 Å². The first-order chi connectivity index (χ1) is 10.2. The number of hydrogen-bond acceptors (Lipinski definition) is 2. The van der Waals surface area contributed by atoms with Gasteiger partial charge >= 0.3 is 0 Å². The summed E-state index contributed by atoms with van der Waals surface area (Å²) in [6.07, 6.45) is 0.652. The number of rotatable bonds is 6. The monoisotopic (exact) mass is 351 g/mol. The fourth-order valence-electron chi connectivity index (χ4n) is 1.75. The van der Waals surface area contributed by atoms with Crippen LogP contribution in [-0.2, 0) is 0 Å². The van der Waals surface area contributed by atoms with Crippen molar-refractivity contribution in [3.05, 3.63) is 64.4 Å². The van der Waals surface area contributed by atoms with E-state index in [1.54, 1.807) is 6.07 Å². The van der Waals surface area contributed by atoms with Gasteiger partial charge in [-0.05, 0) is 36.8 Å². The van der Waals surface area contributed by atoms with Gasteiger partial charge in [0.2, 0.25) is 0 Å². The third-order valence-electron chi connectivity index (χ3n) is 2.79. The van der Waals surface area contributed by atoms with Crippen LogP contribution in [-0.4, -0.2) is 19.1 Å². The largest absolute Gasteiger partial charge is 0.494 e. The minimum Gasteiger partial charge on any atom is -0.494 e. The van der Waals surface area contributed by atoms with E-state index in [9.17, 15) is 9.18 Å². The number of carbonyl (C=O) groups excluding carboxylic acids is 1. The van der Waals surface area contributed by atoms with Crippen molar-refractivity contribution in [2.24, 2.45) is 0 Å². The van der Waals surface area contributed by atoms with Crippen molar-refractivity contribution in [2.75, 3.05) is 13.2 Å². The summed E-state index contributed by atoms with van der Waals surface area (Å²) < 4.78 is 19.7. The van der Waals surface area contributed by atoms with Crippen molar-refractivity contribution in [1.82, 2.24) is 5.32 Å². The van der Waals surface area contributed by atoms with Crippen LogP contribution >= 0.6 is 15.9 Å². The van der Waals surface area contributed by atoms with Crippen LogP contribution < -0.4 is 10.1 Å². The summed E-state index contributed by atoms with van der Waals surface area (Å²) in [5.74, 6) is -0.162. The molecule has 0 saturated heterocycles. The van der Waals surface area contributed by atoms with Crippen molar-refractivity contribution < 1.29 is 13.9 Å². The molecule has 0 bridgehead atoms. The lowest BCUT2D eigenvalue weighted by Gasteiger charge is -2.08. The molecular weight excluding hydrogens is 337 g/mol. The van der Waals surface area contributed by atoms with Crippen LogP contribution in [0, 0.1) is 5.82 Å².